The van der Waals surface area contributed by atoms with Crippen LogP contribution in [0.1, 0.15) is 18.4 Å². The van der Waals surface area contributed by atoms with E-state index < -0.39 is 17.6 Å². The molecule has 1 aromatic rings. The molecule has 1 spiro atoms. The van der Waals surface area contributed by atoms with Gasteiger partial charge in [0.05, 0.1) is 11.6 Å². The zero-order valence-electron chi connectivity index (χ0n) is 11.3. The third-order valence-corrected chi connectivity index (χ3v) is 5.18. The molecule has 0 N–H and O–H groups in total. The molecule has 1 aliphatic heterocycles. The van der Waals surface area contributed by atoms with Gasteiger partial charge in [-0.3, -0.25) is 4.90 Å². The molecule has 21 heavy (non-hydrogen) atoms. The summed E-state index contributed by atoms with van der Waals surface area (Å²) in [4.78, 5) is 5.71. The molecule has 3 fully saturated rings. The van der Waals surface area contributed by atoms with Crippen LogP contribution in [-0.4, -0.2) is 35.6 Å². The number of hydrogen-bond acceptors (Lipinski definition) is 3. The fourth-order valence-corrected chi connectivity index (χ4v) is 4.18. The summed E-state index contributed by atoms with van der Waals surface area (Å²) in [6.07, 6.45) is -2.13. The third kappa shape index (κ3) is 1.79. The second-order valence-corrected chi connectivity index (χ2v) is 6.39. The van der Waals surface area contributed by atoms with Crippen molar-refractivity contribution < 1.29 is 22.3 Å². The van der Waals surface area contributed by atoms with Gasteiger partial charge in [0.25, 0.3) is 5.88 Å². The maximum Gasteiger partial charge on any atom is 0.417 e. The SMILES string of the molecule is CN1CC2CC23CC(Oc2ncc(C(F)(F)F)cc2F)C13. The van der Waals surface area contributed by atoms with Crippen LogP contribution in [0.2, 0.25) is 0 Å². The van der Waals surface area contributed by atoms with Gasteiger partial charge in [0.2, 0.25) is 0 Å². The van der Waals surface area contributed by atoms with Crippen LogP contribution in [0.4, 0.5) is 17.6 Å². The zero-order valence-corrected chi connectivity index (χ0v) is 11.3. The number of likely N-dealkylation sites (tertiary alicyclic amines) is 1. The van der Waals surface area contributed by atoms with E-state index in [1.165, 1.54) is 6.42 Å². The molecule has 7 heteroatoms. The molecule has 2 aliphatic carbocycles. The van der Waals surface area contributed by atoms with E-state index in [2.05, 4.69) is 9.88 Å². The molecule has 0 radical (unpaired) electrons. The van der Waals surface area contributed by atoms with E-state index in [1.807, 2.05) is 7.05 Å². The summed E-state index contributed by atoms with van der Waals surface area (Å²) in [5, 5.41) is 0. The standard InChI is InChI=1S/C14H14F4N2O/c1-20-6-8-3-13(8)4-10(11(13)20)21-12-9(15)2-7(5-19-12)14(16,17)18/h2,5,8,10-11H,3-4,6H2,1H3. The largest absolute Gasteiger partial charge is 0.471 e. The molecule has 0 bridgehead atoms. The summed E-state index contributed by atoms with van der Waals surface area (Å²) >= 11 is 0. The minimum Gasteiger partial charge on any atom is -0.471 e. The number of ether oxygens (including phenoxy) is 1. The van der Waals surface area contributed by atoms with Crippen LogP contribution in [0.5, 0.6) is 5.88 Å². The Morgan fingerprint density at radius 3 is 2.76 bits per heavy atom. The number of piperidine rings is 1. The van der Waals surface area contributed by atoms with Crippen molar-refractivity contribution in [2.24, 2.45) is 11.3 Å². The fourth-order valence-electron chi connectivity index (χ4n) is 4.18. The van der Waals surface area contributed by atoms with Gasteiger partial charge in [-0.25, -0.2) is 9.37 Å². The van der Waals surface area contributed by atoms with Crippen LogP contribution < -0.4 is 4.74 Å². The van der Waals surface area contributed by atoms with Gasteiger partial charge in [-0.05, 0) is 37.3 Å². The summed E-state index contributed by atoms with van der Waals surface area (Å²) in [5.41, 5.74) is -0.778. The number of likely N-dealkylation sites (N-methyl/N-ethyl adjacent to an activating group) is 1. The first-order valence-corrected chi connectivity index (χ1v) is 6.91. The first-order valence-electron chi connectivity index (χ1n) is 6.91. The van der Waals surface area contributed by atoms with E-state index >= 15 is 0 Å². The molecule has 3 aliphatic rings. The first-order chi connectivity index (χ1) is 9.81. The molecule has 3 nitrogen and oxygen atoms in total. The monoisotopic (exact) mass is 302 g/mol. The van der Waals surface area contributed by atoms with Gasteiger partial charge in [-0.2, -0.15) is 13.2 Å². The quantitative estimate of drug-likeness (QED) is 0.786. The van der Waals surface area contributed by atoms with Crippen LogP contribution in [0.15, 0.2) is 12.3 Å². The predicted octanol–water partition coefficient (Wildman–Crippen LogP) is 2.71. The average Bonchev–Trinajstić information content (AvgIpc) is 2.99. The molecular formula is C14H14F4N2O. The van der Waals surface area contributed by atoms with Crippen molar-refractivity contribution in [3.63, 3.8) is 0 Å². The summed E-state index contributed by atoms with van der Waals surface area (Å²) in [6, 6.07) is 0.681. The van der Waals surface area contributed by atoms with Crippen molar-refractivity contribution in [2.75, 3.05) is 13.6 Å². The lowest BCUT2D eigenvalue weighted by molar-refractivity contribution is -0.138. The molecule has 1 saturated heterocycles. The molecule has 4 atom stereocenters. The Morgan fingerprint density at radius 1 is 1.38 bits per heavy atom. The maximum absolute atomic E-state index is 13.7. The van der Waals surface area contributed by atoms with E-state index in [-0.39, 0.29) is 18.0 Å². The molecule has 2 heterocycles. The Balaban J connectivity index is 1.51. The predicted molar refractivity (Wildman–Crippen MR) is 65.2 cm³/mol. The van der Waals surface area contributed by atoms with E-state index in [0.717, 1.165) is 13.0 Å². The number of pyridine rings is 1. The number of alkyl halides is 3. The average molecular weight is 302 g/mol. The normalized spacial score (nSPS) is 37.7. The second kappa shape index (κ2) is 3.88. The van der Waals surface area contributed by atoms with E-state index in [9.17, 15) is 17.6 Å². The topological polar surface area (TPSA) is 25.4 Å². The van der Waals surface area contributed by atoms with Gasteiger partial charge in [0.15, 0.2) is 5.82 Å². The molecule has 0 aromatic carbocycles. The molecule has 4 unspecified atom stereocenters. The van der Waals surface area contributed by atoms with E-state index in [0.29, 0.717) is 23.6 Å². The summed E-state index contributed by atoms with van der Waals surface area (Å²) in [6.45, 7) is 1.02. The van der Waals surface area contributed by atoms with Gasteiger partial charge in [-0.15, -0.1) is 0 Å². The Labute approximate surface area is 118 Å². The van der Waals surface area contributed by atoms with Gasteiger partial charge >= 0.3 is 6.18 Å². The molecule has 2 saturated carbocycles. The van der Waals surface area contributed by atoms with Crippen LogP contribution in [-0.2, 0) is 6.18 Å². The minimum absolute atomic E-state index is 0.179. The molecule has 0 amide bonds. The van der Waals surface area contributed by atoms with Crippen LogP contribution in [0.25, 0.3) is 0 Å². The highest BCUT2D eigenvalue weighted by Crippen LogP contribution is 2.71. The number of hydrogen-bond donors (Lipinski definition) is 0. The zero-order chi connectivity index (χ0) is 15.0. The summed E-state index contributed by atoms with van der Waals surface area (Å²) in [5.74, 6) is -0.683. The smallest absolute Gasteiger partial charge is 0.417 e. The van der Waals surface area contributed by atoms with Crippen LogP contribution in [0.3, 0.4) is 0 Å². The lowest BCUT2D eigenvalue weighted by Gasteiger charge is -2.46. The fraction of sp³-hybridized carbons (Fsp3) is 0.643. The van der Waals surface area contributed by atoms with Crippen molar-refractivity contribution in [1.29, 1.82) is 0 Å². The highest BCUT2D eigenvalue weighted by atomic mass is 19.4. The third-order valence-electron chi connectivity index (χ3n) is 5.18. The number of halogens is 4. The lowest BCUT2D eigenvalue weighted by atomic mass is 9.73. The van der Waals surface area contributed by atoms with Crippen LogP contribution >= 0.6 is 0 Å². The number of aromatic nitrogens is 1. The highest BCUT2D eigenvalue weighted by Gasteiger charge is 2.74. The van der Waals surface area contributed by atoms with Gasteiger partial charge in [0, 0.05) is 12.7 Å². The molecular weight excluding hydrogens is 288 g/mol. The van der Waals surface area contributed by atoms with Gasteiger partial charge < -0.3 is 4.74 Å². The lowest BCUT2D eigenvalue weighted by Crippen LogP contribution is -2.56. The number of nitrogens with zero attached hydrogens (tertiary/aromatic N) is 2. The van der Waals surface area contributed by atoms with Gasteiger partial charge in [0.1, 0.15) is 6.10 Å². The second-order valence-electron chi connectivity index (χ2n) is 6.39. The molecule has 114 valence electrons. The van der Waals surface area contributed by atoms with Crippen molar-refractivity contribution in [3.8, 4) is 5.88 Å². The van der Waals surface area contributed by atoms with Crippen molar-refractivity contribution >= 4 is 0 Å². The Bertz CT molecular complexity index is 605. The van der Waals surface area contributed by atoms with Crippen molar-refractivity contribution in [1.82, 2.24) is 9.88 Å². The Hall–Kier alpha value is -1.37. The van der Waals surface area contributed by atoms with E-state index in [4.69, 9.17) is 4.74 Å². The van der Waals surface area contributed by atoms with E-state index in [1.54, 1.807) is 0 Å². The maximum atomic E-state index is 13.7. The highest BCUT2D eigenvalue weighted by molar-refractivity contribution is 5.28. The molecule has 4 rings (SSSR count). The van der Waals surface area contributed by atoms with Crippen molar-refractivity contribution in [2.45, 2.75) is 31.2 Å². The minimum atomic E-state index is -4.60. The molecule has 1 aromatic heterocycles. The van der Waals surface area contributed by atoms with Crippen LogP contribution in [0, 0.1) is 17.2 Å². The Kier molecular flexibility index (Phi) is 2.46. The summed E-state index contributed by atoms with van der Waals surface area (Å²) < 4.78 is 56.7. The van der Waals surface area contributed by atoms with Crippen molar-refractivity contribution in [3.05, 3.63) is 23.6 Å². The Morgan fingerprint density at radius 2 is 2.14 bits per heavy atom. The number of rotatable bonds is 2. The van der Waals surface area contributed by atoms with Gasteiger partial charge in [-0.1, -0.05) is 0 Å². The summed E-state index contributed by atoms with van der Waals surface area (Å²) in [7, 11) is 2.00. The first kappa shape index (κ1) is 13.3.